The van der Waals surface area contributed by atoms with Gasteiger partial charge in [-0.2, -0.15) is 4.98 Å². The lowest BCUT2D eigenvalue weighted by Crippen LogP contribution is -2.24. The van der Waals surface area contributed by atoms with E-state index >= 15 is 0 Å². The second-order valence-corrected chi connectivity index (χ2v) is 6.98. The van der Waals surface area contributed by atoms with Crippen LogP contribution in [0, 0.1) is 5.82 Å². The van der Waals surface area contributed by atoms with Crippen LogP contribution < -0.4 is 4.74 Å². The number of likely N-dealkylation sites (tertiary alicyclic amines) is 1. The van der Waals surface area contributed by atoms with Crippen LogP contribution in [0.1, 0.15) is 23.8 Å². The summed E-state index contributed by atoms with van der Waals surface area (Å²) in [6, 6.07) is 11.8. The van der Waals surface area contributed by atoms with Crippen LogP contribution in [0.25, 0.3) is 11.4 Å². The van der Waals surface area contributed by atoms with E-state index in [4.69, 9.17) is 20.9 Å². The molecule has 1 amide bonds. The Hall–Kier alpha value is -2.93. The van der Waals surface area contributed by atoms with Gasteiger partial charge in [0, 0.05) is 30.6 Å². The first-order valence-corrected chi connectivity index (χ1v) is 9.11. The van der Waals surface area contributed by atoms with Crippen LogP contribution in [0.3, 0.4) is 0 Å². The van der Waals surface area contributed by atoms with E-state index in [2.05, 4.69) is 10.1 Å². The standard InChI is InChI=1S/C20H17ClFN3O3/c1-27-17-5-3-2-4-13(17)10-25-11-14(9-18(25)26)20-23-19(24-28-20)12-6-7-16(22)15(21)8-12/h2-8,14H,9-11H2,1H3. The number of carbonyl (C=O) groups is 1. The fourth-order valence-corrected chi connectivity index (χ4v) is 3.46. The van der Waals surface area contributed by atoms with Gasteiger partial charge in [0.2, 0.25) is 17.6 Å². The highest BCUT2D eigenvalue weighted by Crippen LogP contribution is 2.31. The van der Waals surface area contributed by atoms with E-state index in [-0.39, 0.29) is 16.8 Å². The molecule has 2 heterocycles. The predicted molar refractivity (Wildman–Crippen MR) is 100 cm³/mol. The van der Waals surface area contributed by atoms with Crippen molar-refractivity contribution in [2.24, 2.45) is 0 Å². The second kappa shape index (κ2) is 7.59. The fourth-order valence-electron chi connectivity index (χ4n) is 3.28. The van der Waals surface area contributed by atoms with Gasteiger partial charge in [-0.05, 0) is 24.3 Å². The number of halogens is 2. The van der Waals surface area contributed by atoms with Gasteiger partial charge < -0.3 is 14.2 Å². The maximum absolute atomic E-state index is 13.3. The maximum Gasteiger partial charge on any atom is 0.232 e. The van der Waals surface area contributed by atoms with Crippen molar-refractivity contribution in [1.82, 2.24) is 15.0 Å². The molecule has 0 spiro atoms. The SMILES string of the molecule is COc1ccccc1CN1CC(c2nc(-c3ccc(F)c(Cl)c3)no2)CC1=O. The molecular formula is C20H17ClFN3O3. The highest BCUT2D eigenvalue weighted by atomic mass is 35.5. The molecular weight excluding hydrogens is 385 g/mol. The van der Waals surface area contributed by atoms with Gasteiger partial charge in [0.15, 0.2) is 0 Å². The zero-order chi connectivity index (χ0) is 19.7. The lowest BCUT2D eigenvalue weighted by Gasteiger charge is -2.17. The summed E-state index contributed by atoms with van der Waals surface area (Å²) in [6.07, 6.45) is 0.293. The van der Waals surface area contributed by atoms with Crippen molar-refractivity contribution in [2.75, 3.05) is 13.7 Å². The molecule has 3 aromatic rings. The summed E-state index contributed by atoms with van der Waals surface area (Å²) in [4.78, 5) is 18.6. The van der Waals surface area contributed by atoms with E-state index < -0.39 is 5.82 Å². The van der Waals surface area contributed by atoms with Gasteiger partial charge in [0.1, 0.15) is 11.6 Å². The molecule has 0 bridgehead atoms. The van der Waals surface area contributed by atoms with Gasteiger partial charge in [0.25, 0.3) is 0 Å². The molecule has 0 radical (unpaired) electrons. The van der Waals surface area contributed by atoms with Crippen LogP contribution in [0.15, 0.2) is 47.0 Å². The Morgan fingerprint density at radius 1 is 1.32 bits per heavy atom. The number of amides is 1. The first kappa shape index (κ1) is 18.4. The molecule has 1 aliphatic rings. The summed E-state index contributed by atoms with van der Waals surface area (Å²) in [5.41, 5.74) is 1.49. The van der Waals surface area contributed by atoms with Crippen molar-refractivity contribution in [1.29, 1.82) is 0 Å². The summed E-state index contributed by atoms with van der Waals surface area (Å²) >= 11 is 5.81. The van der Waals surface area contributed by atoms with Gasteiger partial charge >= 0.3 is 0 Å². The third-order valence-corrected chi connectivity index (χ3v) is 5.03. The summed E-state index contributed by atoms with van der Waals surface area (Å²) in [5.74, 6) is 0.744. The monoisotopic (exact) mass is 401 g/mol. The van der Waals surface area contributed by atoms with Crippen molar-refractivity contribution < 1.29 is 18.4 Å². The molecule has 0 aliphatic carbocycles. The van der Waals surface area contributed by atoms with Gasteiger partial charge in [-0.25, -0.2) is 4.39 Å². The van der Waals surface area contributed by atoms with E-state index in [0.717, 1.165) is 11.3 Å². The number of hydrogen-bond acceptors (Lipinski definition) is 5. The lowest BCUT2D eigenvalue weighted by atomic mass is 10.1. The highest BCUT2D eigenvalue weighted by molar-refractivity contribution is 6.31. The minimum atomic E-state index is -0.512. The molecule has 4 rings (SSSR count). The third-order valence-electron chi connectivity index (χ3n) is 4.74. The maximum atomic E-state index is 13.3. The molecule has 0 saturated carbocycles. The van der Waals surface area contributed by atoms with E-state index in [1.54, 1.807) is 12.0 Å². The highest BCUT2D eigenvalue weighted by Gasteiger charge is 2.34. The van der Waals surface area contributed by atoms with Gasteiger partial charge in [-0.3, -0.25) is 4.79 Å². The van der Waals surface area contributed by atoms with Gasteiger partial charge in [-0.15, -0.1) is 0 Å². The number of aromatic nitrogens is 2. The van der Waals surface area contributed by atoms with Crippen LogP contribution in [-0.4, -0.2) is 34.6 Å². The quantitative estimate of drug-likeness (QED) is 0.645. The first-order chi connectivity index (χ1) is 13.5. The van der Waals surface area contributed by atoms with Crippen LogP contribution >= 0.6 is 11.6 Å². The minimum absolute atomic E-state index is 0.0112. The van der Waals surface area contributed by atoms with Crippen molar-refractivity contribution in [3.8, 4) is 17.1 Å². The molecule has 1 unspecified atom stereocenters. The Balaban J connectivity index is 1.50. The molecule has 1 aromatic heterocycles. The number of methoxy groups -OCH3 is 1. The molecule has 8 heteroatoms. The zero-order valence-corrected chi connectivity index (χ0v) is 15.8. The van der Waals surface area contributed by atoms with Crippen molar-refractivity contribution in [2.45, 2.75) is 18.9 Å². The molecule has 1 atom stereocenters. The van der Waals surface area contributed by atoms with E-state index in [9.17, 15) is 9.18 Å². The Bertz CT molecular complexity index is 1020. The molecule has 1 aliphatic heterocycles. The fraction of sp³-hybridized carbons (Fsp3) is 0.250. The number of hydrogen-bond donors (Lipinski definition) is 0. The Morgan fingerprint density at radius 2 is 2.14 bits per heavy atom. The largest absolute Gasteiger partial charge is 0.496 e. The van der Waals surface area contributed by atoms with E-state index in [1.165, 1.54) is 18.2 Å². The topological polar surface area (TPSA) is 68.5 Å². The van der Waals surface area contributed by atoms with Crippen molar-refractivity contribution in [3.05, 3.63) is 64.8 Å². The van der Waals surface area contributed by atoms with Crippen LogP contribution in [-0.2, 0) is 11.3 Å². The first-order valence-electron chi connectivity index (χ1n) is 8.74. The number of rotatable bonds is 5. The summed E-state index contributed by atoms with van der Waals surface area (Å²) in [6.45, 7) is 0.927. The lowest BCUT2D eigenvalue weighted by molar-refractivity contribution is -0.128. The van der Waals surface area contributed by atoms with E-state index in [0.29, 0.717) is 36.8 Å². The van der Waals surface area contributed by atoms with Crippen molar-refractivity contribution in [3.63, 3.8) is 0 Å². The van der Waals surface area contributed by atoms with Crippen molar-refractivity contribution >= 4 is 17.5 Å². The average Bonchev–Trinajstić information content (AvgIpc) is 3.32. The number of nitrogens with zero attached hydrogens (tertiary/aromatic N) is 3. The Morgan fingerprint density at radius 3 is 2.93 bits per heavy atom. The van der Waals surface area contributed by atoms with Crippen LogP contribution in [0.4, 0.5) is 4.39 Å². The molecule has 1 fully saturated rings. The van der Waals surface area contributed by atoms with Gasteiger partial charge in [0.05, 0.1) is 18.1 Å². The molecule has 2 aromatic carbocycles. The van der Waals surface area contributed by atoms with Gasteiger partial charge in [-0.1, -0.05) is 35.0 Å². The number of benzene rings is 2. The normalized spacial score (nSPS) is 16.6. The number of carbonyl (C=O) groups excluding carboxylic acids is 1. The Labute approximate surface area is 165 Å². The predicted octanol–water partition coefficient (Wildman–Crippen LogP) is 4.05. The zero-order valence-electron chi connectivity index (χ0n) is 15.1. The number of para-hydroxylation sites is 1. The minimum Gasteiger partial charge on any atom is -0.496 e. The molecule has 6 nitrogen and oxygen atoms in total. The Kier molecular flexibility index (Phi) is 5.00. The second-order valence-electron chi connectivity index (χ2n) is 6.57. The van der Waals surface area contributed by atoms with Crippen LogP contribution in [0.5, 0.6) is 5.75 Å². The smallest absolute Gasteiger partial charge is 0.232 e. The molecule has 28 heavy (non-hydrogen) atoms. The number of ether oxygens (including phenoxy) is 1. The summed E-state index contributed by atoms with van der Waals surface area (Å²) < 4.78 is 24.1. The molecule has 1 saturated heterocycles. The third kappa shape index (κ3) is 3.57. The summed E-state index contributed by atoms with van der Waals surface area (Å²) in [7, 11) is 1.61. The van der Waals surface area contributed by atoms with E-state index in [1.807, 2.05) is 24.3 Å². The average molecular weight is 402 g/mol. The van der Waals surface area contributed by atoms with Crippen LogP contribution in [0.2, 0.25) is 5.02 Å². The summed E-state index contributed by atoms with van der Waals surface area (Å²) in [5, 5.41) is 3.94. The molecule has 0 N–H and O–H groups in total. The molecule has 144 valence electrons.